The maximum Gasteiger partial charge on any atom is 0.272 e. The number of aromatic nitrogens is 4. The van der Waals surface area contributed by atoms with Crippen molar-refractivity contribution in [1.29, 1.82) is 0 Å². The molecule has 48 heavy (non-hydrogen) atoms. The Morgan fingerprint density at radius 2 is 1.79 bits per heavy atom. The van der Waals surface area contributed by atoms with E-state index in [4.69, 9.17) is 19.6 Å². The molecule has 1 aliphatic carbocycles. The number of fused-ring (bicyclic) bond motifs is 3. The molecule has 2 aromatic heterocycles. The van der Waals surface area contributed by atoms with E-state index in [1.165, 1.54) is 0 Å². The molecule has 12 heteroatoms. The fraction of sp³-hybridized carbons (Fsp3) is 0.444. The van der Waals surface area contributed by atoms with Crippen LogP contribution in [0.25, 0.3) is 11.4 Å². The van der Waals surface area contributed by atoms with Crippen LogP contribution in [-0.2, 0) is 24.6 Å². The first-order valence-electron chi connectivity index (χ1n) is 16.9. The summed E-state index contributed by atoms with van der Waals surface area (Å²) in [5, 5.41) is 11.5. The van der Waals surface area contributed by atoms with Crippen LogP contribution in [0.15, 0.2) is 54.7 Å². The highest BCUT2D eigenvalue weighted by Crippen LogP contribution is 2.36. The van der Waals surface area contributed by atoms with E-state index < -0.39 is 0 Å². The summed E-state index contributed by atoms with van der Waals surface area (Å²) >= 11 is 0. The first-order valence-corrected chi connectivity index (χ1v) is 16.9. The number of morpholine rings is 1. The third kappa shape index (κ3) is 6.87. The van der Waals surface area contributed by atoms with E-state index in [0.29, 0.717) is 31.4 Å². The molecule has 0 saturated carbocycles. The normalized spacial score (nSPS) is 17.6. The van der Waals surface area contributed by atoms with Gasteiger partial charge in [-0.25, -0.2) is 9.97 Å². The number of hydrogen-bond acceptors (Lipinski definition) is 10. The van der Waals surface area contributed by atoms with Crippen molar-refractivity contribution in [3.05, 3.63) is 77.1 Å². The summed E-state index contributed by atoms with van der Waals surface area (Å²) in [6, 6.07) is 16.2. The van der Waals surface area contributed by atoms with Crippen molar-refractivity contribution in [2.45, 2.75) is 25.3 Å². The quantitative estimate of drug-likeness (QED) is 0.278. The Hall–Kier alpha value is -4.52. The van der Waals surface area contributed by atoms with Gasteiger partial charge in [0.15, 0.2) is 5.69 Å². The molecule has 2 fully saturated rings. The zero-order chi connectivity index (χ0) is 33.0. The minimum absolute atomic E-state index is 0.171. The fourth-order valence-corrected chi connectivity index (χ4v) is 6.95. The SMILES string of the molecule is COc1cc(N2CCN(C)CC2)ccc1Nc1ncc2c(n1)-c1c(c(C(=O)N[C@H](CN3CCOCC3)c3ccccc3)nn1C)CCC2. The molecule has 2 aliphatic heterocycles. The van der Waals surface area contributed by atoms with E-state index in [1.807, 2.05) is 37.5 Å². The van der Waals surface area contributed by atoms with Gasteiger partial charge in [-0.15, -0.1) is 0 Å². The molecule has 2 N–H and O–H groups in total. The third-order valence-electron chi connectivity index (χ3n) is 9.67. The highest BCUT2D eigenvalue weighted by atomic mass is 16.5. The zero-order valence-electron chi connectivity index (χ0n) is 28.1. The number of hydrogen-bond donors (Lipinski definition) is 2. The molecule has 0 bridgehead atoms. The van der Waals surface area contributed by atoms with E-state index in [-0.39, 0.29) is 11.9 Å². The Morgan fingerprint density at radius 1 is 1.00 bits per heavy atom. The molecule has 7 rings (SSSR count). The van der Waals surface area contributed by atoms with Crippen LogP contribution in [0.3, 0.4) is 0 Å². The molecular formula is C36H45N9O3. The summed E-state index contributed by atoms with van der Waals surface area (Å²) in [6.45, 7) is 7.83. The van der Waals surface area contributed by atoms with Crippen LogP contribution < -0.4 is 20.3 Å². The summed E-state index contributed by atoms with van der Waals surface area (Å²) in [7, 11) is 5.73. The van der Waals surface area contributed by atoms with E-state index in [2.05, 4.69) is 61.6 Å². The van der Waals surface area contributed by atoms with Gasteiger partial charge in [0.05, 0.1) is 43.4 Å². The van der Waals surface area contributed by atoms with E-state index in [9.17, 15) is 4.79 Å². The number of methoxy groups -OCH3 is 1. The molecular weight excluding hydrogens is 606 g/mol. The lowest BCUT2D eigenvalue weighted by Crippen LogP contribution is -2.44. The average molecular weight is 652 g/mol. The molecule has 1 amide bonds. The first-order chi connectivity index (χ1) is 23.5. The summed E-state index contributed by atoms with van der Waals surface area (Å²) in [5.74, 6) is 1.03. The molecule has 4 aromatic rings. The number of piperazine rings is 1. The van der Waals surface area contributed by atoms with Crippen LogP contribution >= 0.6 is 0 Å². The smallest absolute Gasteiger partial charge is 0.272 e. The predicted molar refractivity (Wildman–Crippen MR) is 186 cm³/mol. The van der Waals surface area contributed by atoms with Gasteiger partial charge in [-0.3, -0.25) is 14.4 Å². The van der Waals surface area contributed by atoms with Crippen LogP contribution in [0.4, 0.5) is 17.3 Å². The second-order valence-electron chi connectivity index (χ2n) is 12.9. The topological polar surface area (TPSA) is 113 Å². The van der Waals surface area contributed by atoms with E-state index in [1.54, 1.807) is 11.8 Å². The largest absolute Gasteiger partial charge is 0.494 e. The molecule has 0 radical (unpaired) electrons. The molecule has 3 aliphatic rings. The zero-order valence-corrected chi connectivity index (χ0v) is 28.1. The number of ether oxygens (including phenoxy) is 2. The molecule has 0 unspecified atom stereocenters. The van der Waals surface area contributed by atoms with Crippen LogP contribution in [0.2, 0.25) is 0 Å². The number of aryl methyl sites for hydroxylation is 2. The number of rotatable bonds is 9. The van der Waals surface area contributed by atoms with E-state index in [0.717, 1.165) is 104 Å². The Bertz CT molecular complexity index is 1730. The van der Waals surface area contributed by atoms with Crippen LogP contribution in [0.1, 0.15) is 39.6 Å². The van der Waals surface area contributed by atoms with Crippen molar-refractivity contribution in [2.24, 2.45) is 7.05 Å². The van der Waals surface area contributed by atoms with Crippen molar-refractivity contribution in [1.82, 2.24) is 34.9 Å². The molecule has 0 spiro atoms. The molecule has 1 atom stereocenters. The van der Waals surface area contributed by atoms with Gasteiger partial charge >= 0.3 is 0 Å². The molecule has 2 saturated heterocycles. The van der Waals surface area contributed by atoms with Gasteiger partial charge in [0, 0.05) is 76.4 Å². The minimum atomic E-state index is -0.178. The Kier molecular flexibility index (Phi) is 9.55. The van der Waals surface area contributed by atoms with Crippen molar-refractivity contribution >= 4 is 23.2 Å². The van der Waals surface area contributed by atoms with E-state index >= 15 is 0 Å². The second-order valence-corrected chi connectivity index (χ2v) is 12.9. The highest BCUT2D eigenvalue weighted by Gasteiger charge is 2.30. The number of anilines is 3. The number of benzene rings is 2. The van der Waals surface area contributed by atoms with Gasteiger partial charge in [-0.1, -0.05) is 30.3 Å². The first kappa shape index (κ1) is 32.0. The molecule has 12 nitrogen and oxygen atoms in total. The molecule has 2 aromatic carbocycles. The number of carbonyl (C=O) groups excluding carboxylic acids is 1. The maximum absolute atomic E-state index is 14.0. The van der Waals surface area contributed by atoms with Crippen molar-refractivity contribution in [3.8, 4) is 17.1 Å². The van der Waals surface area contributed by atoms with Crippen LogP contribution in [0, 0.1) is 0 Å². The standard InChI is InChI=1S/C36H45N9O3/c1-42-14-16-45(17-15-42)27-12-13-29(31(22-27)47-3)39-36-37-23-26-10-7-11-28-33(41-43(2)34(28)32(26)40-36)35(46)38-30(25-8-5-4-6-9-25)24-44-18-20-48-21-19-44/h4-6,8-9,12-13,22-23,30H,7,10-11,14-21,24H2,1-3H3,(H,38,46)(H,37,39,40)/t30-/m1/s1. The maximum atomic E-state index is 14.0. The summed E-state index contributed by atoms with van der Waals surface area (Å²) in [5.41, 5.74) is 7.08. The Morgan fingerprint density at radius 3 is 2.56 bits per heavy atom. The Balaban J connectivity index is 1.14. The van der Waals surface area contributed by atoms with Gasteiger partial charge < -0.3 is 29.9 Å². The van der Waals surface area contributed by atoms with Crippen LogP contribution in [0.5, 0.6) is 5.75 Å². The van der Waals surface area contributed by atoms with Crippen molar-refractivity contribution < 1.29 is 14.3 Å². The van der Waals surface area contributed by atoms with Crippen molar-refractivity contribution in [2.75, 3.05) is 83.4 Å². The number of likely N-dealkylation sites (N-methyl/N-ethyl adjacent to an activating group) is 1. The van der Waals surface area contributed by atoms with Gasteiger partial charge in [0.25, 0.3) is 5.91 Å². The monoisotopic (exact) mass is 651 g/mol. The summed E-state index contributed by atoms with van der Waals surface area (Å²) in [6.07, 6.45) is 4.31. The summed E-state index contributed by atoms with van der Waals surface area (Å²) in [4.78, 5) is 30.8. The average Bonchev–Trinajstić information content (AvgIpc) is 3.33. The van der Waals surface area contributed by atoms with Gasteiger partial charge in [-0.05, 0) is 49.6 Å². The predicted octanol–water partition coefficient (Wildman–Crippen LogP) is 3.67. The van der Waals surface area contributed by atoms with Gasteiger partial charge in [-0.2, -0.15) is 5.10 Å². The Labute approximate surface area is 282 Å². The van der Waals surface area contributed by atoms with Gasteiger partial charge in [0.2, 0.25) is 5.95 Å². The lowest BCUT2D eigenvalue weighted by Gasteiger charge is -2.34. The molecule has 252 valence electrons. The number of carbonyl (C=O) groups is 1. The lowest BCUT2D eigenvalue weighted by molar-refractivity contribution is 0.0332. The molecule has 4 heterocycles. The highest BCUT2D eigenvalue weighted by molar-refractivity contribution is 5.96. The van der Waals surface area contributed by atoms with Gasteiger partial charge in [0.1, 0.15) is 5.75 Å². The van der Waals surface area contributed by atoms with Crippen LogP contribution in [-0.4, -0.2) is 109 Å². The minimum Gasteiger partial charge on any atom is -0.494 e. The second kappa shape index (κ2) is 14.3. The summed E-state index contributed by atoms with van der Waals surface area (Å²) < 4.78 is 13.2. The number of nitrogens with zero attached hydrogens (tertiary/aromatic N) is 7. The third-order valence-corrected chi connectivity index (χ3v) is 9.67. The number of amides is 1. The fourth-order valence-electron chi connectivity index (χ4n) is 6.95. The lowest BCUT2D eigenvalue weighted by atomic mass is 10.0. The van der Waals surface area contributed by atoms with Crippen molar-refractivity contribution in [3.63, 3.8) is 0 Å². The number of nitrogens with one attached hydrogen (secondary N) is 2.